The van der Waals surface area contributed by atoms with Crippen molar-refractivity contribution in [1.82, 2.24) is 4.90 Å². The molecule has 4 nitrogen and oxygen atoms in total. The quantitative estimate of drug-likeness (QED) is 0.867. The molecule has 2 rings (SSSR count). The van der Waals surface area contributed by atoms with Crippen molar-refractivity contribution in [2.45, 2.75) is 44.8 Å². The molecule has 1 aliphatic heterocycles. The van der Waals surface area contributed by atoms with Crippen molar-refractivity contribution in [3.05, 3.63) is 35.4 Å². The summed E-state index contributed by atoms with van der Waals surface area (Å²) >= 11 is 0. The molecular weight excluding hydrogens is 290 g/mol. The molecule has 0 aromatic heterocycles. The highest BCUT2D eigenvalue weighted by Gasteiger charge is 2.32. The molecule has 0 bridgehead atoms. The Morgan fingerprint density at radius 2 is 1.86 bits per heavy atom. The molecule has 1 fully saturated rings. The van der Waals surface area contributed by atoms with E-state index in [1.54, 1.807) is 25.7 Å². The number of carbonyl (C=O) groups is 1. The summed E-state index contributed by atoms with van der Waals surface area (Å²) in [7, 11) is 0. The van der Waals surface area contributed by atoms with E-state index in [0.717, 1.165) is 6.07 Å². The van der Waals surface area contributed by atoms with Crippen molar-refractivity contribution < 1.29 is 18.3 Å². The molecule has 1 aromatic carbocycles. The zero-order valence-corrected chi connectivity index (χ0v) is 13.1. The van der Waals surface area contributed by atoms with E-state index in [2.05, 4.69) is 0 Å². The number of amides is 1. The van der Waals surface area contributed by atoms with Crippen LogP contribution in [0.25, 0.3) is 0 Å². The molecule has 1 amide bonds. The van der Waals surface area contributed by atoms with Crippen LogP contribution in [-0.2, 0) is 4.74 Å². The van der Waals surface area contributed by atoms with Gasteiger partial charge < -0.3 is 15.4 Å². The summed E-state index contributed by atoms with van der Waals surface area (Å²) in [5.74, 6) is -1.41. The average Bonchev–Trinajstić information content (AvgIpc) is 2.35. The second kappa shape index (κ2) is 6.20. The average molecular weight is 312 g/mol. The van der Waals surface area contributed by atoms with Crippen LogP contribution >= 0.6 is 0 Å². The number of hydrogen-bond acceptors (Lipinski definition) is 3. The molecule has 0 radical (unpaired) electrons. The summed E-state index contributed by atoms with van der Waals surface area (Å²) in [4.78, 5) is 13.6. The van der Waals surface area contributed by atoms with E-state index in [-0.39, 0.29) is 12.0 Å². The van der Waals surface area contributed by atoms with Crippen molar-refractivity contribution in [1.29, 1.82) is 0 Å². The lowest BCUT2D eigenvalue weighted by Crippen LogP contribution is -2.50. The van der Waals surface area contributed by atoms with Gasteiger partial charge in [-0.15, -0.1) is 0 Å². The Morgan fingerprint density at radius 3 is 2.36 bits per heavy atom. The van der Waals surface area contributed by atoms with Gasteiger partial charge >= 0.3 is 6.09 Å². The number of benzene rings is 1. The molecule has 1 aliphatic rings. The fraction of sp³-hybridized carbons (Fsp3) is 0.562. The minimum absolute atomic E-state index is 0.177. The van der Waals surface area contributed by atoms with Crippen LogP contribution in [0.5, 0.6) is 0 Å². The van der Waals surface area contributed by atoms with E-state index in [1.807, 2.05) is 0 Å². The van der Waals surface area contributed by atoms with Gasteiger partial charge in [0.15, 0.2) is 0 Å². The molecule has 0 aliphatic carbocycles. The van der Waals surface area contributed by atoms with Gasteiger partial charge in [0.1, 0.15) is 17.2 Å². The highest BCUT2D eigenvalue weighted by atomic mass is 19.1. The Balaban J connectivity index is 2.05. The van der Waals surface area contributed by atoms with E-state index >= 15 is 0 Å². The van der Waals surface area contributed by atoms with E-state index in [9.17, 15) is 13.6 Å². The fourth-order valence-electron chi connectivity index (χ4n) is 2.68. The van der Waals surface area contributed by atoms with E-state index in [1.165, 1.54) is 12.1 Å². The maximum Gasteiger partial charge on any atom is 0.410 e. The van der Waals surface area contributed by atoms with Crippen LogP contribution in [0.4, 0.5) is 13.6 Å². The SMILES string of the molecule is CC(C)(C)OC(=O)N1CC[C@@H](c2cc(F)cc(F)c2)[C@@H](N)C1. The van der Waals surface area contributed by atoms with Crippen LogP contribution in [0.3, 0.4) is 0 Å². The summed E-state index contributed by atoms with van der Waals surface area (Å²) in [6, 6.07) is 3.06. The lowest BCUT2D eigenvalue weighted by Gasteiger charge is -2.37. The number of hydrogen-bond donors (Lipinski definition) is 1. The lowest BCUT2D eigenvalue weighted by molar-refractivity contribution is 0.0186. The number of piperidine rings is 1. The Morgan fingerprint density at radius 1 is 1.27 bits per heavy atom. The monoisotopic (exact) mass is 312 g/mol. The van der Waals surface area contributed by atoms with Gasteiger partial charge in [0.05, 0.1) is 0 Å². The van der Waals surface area contributed by atoms with Crippen LogP contribution in [0.15, 0.2) is 18.2 Å². The number of nitrogens with zero attached hydrogens (tertiary/aromatic N) is 1. The van der Waals surface area contributed by atoms with E-state index in [4.69, 9.17) is 10.5 Å². The largest absolute Gasteiger partial charge is 0.444 e. The Bertz CT molecular complexity index is 537. The molecule has 0 spiro atoms. The van der Waals surface area contributed by atoms with Gasteiger partial charge in [0, 0.05) is 31.1 Å². The second-order valence-corrected chi connectivity index (χ2v) is 6.69. The molecule has 2 N–H and O–H groups in total. The molecule has 1 aromatic rings. The number of rotatable bonds is 1. The standard InChI is InChI=1S/C16H22F2N2O2/c1-16(2,3)22-15(21)20-5-4-13(14(19)9-20)10-6-11(17)8-12(18)7-10/h6-8,13-14H,4-5,9,19H2,1-3H3/t13-,14-/m0/s1. The van der Waals surface area contributed by atoms with Gasteiger partial charge in [-0.05, 0) is 44.9 Å². The zero-order chi connectivity index (χ0) is 16.5. The number of carbonyl (C=O) groups excluding carboxylic acids is 1. The number of halogens is 2. The van der Waals surface area contributed by atoms with Gasteiger partial charge in [-0.2, -0.15) is 0 Å². The minimum atomic E-state index is -0.614. The first-order chi connectivity index (χ1) is 10.2. The Hall–Kier alpha value is -1.69. The predicted molar refractivity (Wildman–Crippen MR) is 79.5 cm³/mol. The first kappa shape index (κ1) is 16.7. The van der Waals surface area contributed by atoms with E-state index in [0.29, 0.717) is 25.1 Å². The van der Waals surface area contributed by atoms with Crippen LogP contribution in [0.1, 0.15) is 38.7 Å². The Kier molecular flexibility index (Phi) is 4.70. The molecule has 1 saturated heterocycles. The van der Waals surface area contributed by atoms with Gasteiger partial charge in [-0.25, -0.2) is 13.6 Å². The molecule has 122 valence electrons. The minimum Gasteiger partial charge on any atom is -0.444 e. The summed E-state index contributed by atoms with van der Waals surface area (Å²) in [5, 5.41) is 0. The molecule has 6 heteroatoms. The lowest BCUT2D eigenvalue weighted by atomic mass is 9.86. The molecule has 0 unspecified atom stereocenters. The molecule has 1 heterocycles. The molecular formula is C16H22F2N2O2. The summed E-state index contributed by atoms with van der Waals surface area (Å²) in [5.41, 5.74) is 6.08. The zero-order valence-electron chi connectivity index (χ0n) is 13.1. The number of ether oxygens (including phenoxy) is 1. The second-order valence-electron chi connectivity index (χ2n) is 6.69. The third kappa shape index (κ3) is 4.16. The first-order valence-corrected chi connectivity index (χ1v) is 7.35. The first-order valence-electron chi connectivity index (χ1n) is 7.35. The third-order valence-corrected chi connectivity index (χ3v) is 3.62. The number of likely N-dealkylation sites (tertiary alicyclic amines) is 1. The smallest absolute Gasteiger partial charge is 0.410 e. The topological polar surface area (TPSA) is 55.6 Å². The van der Waals surface area contributed by atoms with Crippen LogP contribution in [0.2, 0.25) is 0 Å². The van der Waals surface area contributed by atoms with Gasteiger partial charge in [0.2, 0.25) is 0 Å². The van der Waals surface area contributed by atoms with Crippen LogP contribution in [0, 0.1) is 11.6 Å². The maximum atomic E-state index is 13.3. The van der Waals surface area contributed by atoms with Crippen molar-refractivity contribution in [2.24, 2.45) is 5.73 Å². The van der Waals surface area contributed by atoms with Crippen molar-refractivity contribution in [3.8, 4) is 0 Å². The van der Waals surface area contributed by atoms with Crippen molar-refractivity contribution in [3.63, 3.8) is 0 Å². The highest BCUT2D eigenvalue weighted by Crippen LogP contribution is 2.29. The molecule has 0 saturated carbocycles. The predicted octanol–water partition coefficient (Wildman–Crippen LogP) is 3.02. The third-order valence-electron chi connectivity index (χ3n) is 3.62. The normalized spacial score (nSPS) is 22.5. The van der Waals surface area contributed by atoms with Crippen LogP contribution < -0.4 is 5.73 Å². The Labute approximate surface area is 129 Å². The van der Waals surface area contributed by atoms with E-state index < -0.39 is 23.3 Å². The fourth-order valence-corrected chi connectivity index (χ4v) is 2.68. The van der Waals surface area contributed by atoms with Gasteiger partial charge in [0.25, 0.3) is 0 Å². The number of nitrogens with two attached hydrogens (primary N) is 1. The maximum absolute atomic E-state index is 13.3. The highest BCUT2D eigenvalue weighted by molar-refractivity contribution is 5.68. The molecule has 2 atom stereocenters. The van der Waals surface area contributed by atoms with Crippen molar-refractivity contribution in [2.75, 3.05) is 13.1 Å². The van der Waals surface area contributed by atoms with Crippen LogP contribution in [-0.4, -0.2) is 35.7 Å². The van der Waals surface area contributed by atoms with Gasteiger partial charge in [-0.1, -0.05) is 0 Å². The van der Waals surface area contributed by atoms with Gasteiger partial charge in [-0.3, -0.25) is 0 Å². The summed E-state index contributed by atoms with van der Waals surface area (Å²) in [6.45, 7) is 6.15. The summed E-state index contributed by atoms with van der Waals surface area (Å²) < 4.78 is 32.0. The molecule has 22 heavy (non-hydrogen) atoms. The summed E-state index contributed by atoms with van der Waals surface area (Å²) in [6.07, 6.45) is 0.135. The van der Waals surface area contributed by atoms with Crippen molar-refractivity contribution >= 4 is 6.09 Å².